The van der Waals surface area contributed by atoms with E-state index in [0.29, 0.717) is 30.1 Å². The van der Waals surface area contributed by atoms with Crippen molar-refractivity contribution >= 4 is 34.4 Å². The van der Waals surface area contributed by atoms with Crippen LogP contribution in [0.3, 0.4) is 0 Å². The van der Waals surface area contributed by atoms with Crippen LogP contribution < -0.4 is 15.8 Å². The molecule has 0 atom stereocenters. The van der Waals surface area contributed by atoms with E-state index in [1.165, 1.54) is 5.56 Å². The number of benzene rings is 2. The number of fused-ring (bicyclic) bond motifs is 2. The number of amides is 1. The van der Waals surface area contributed by atoms with Crippen molar-refractivity contribution in [1.82, 2.24) is 24.2 Å². The Labute approximate surface area is 259 Å². The smallest absolute Gasteiger partial charge is 0.410 e. The van der Waals surface area contributed by atoms with Crippen molar-refractivity contribution in [3.8, 4) is 5.69 Å². The molecular formula is C34H45N7O3. The molecule has 3 heterocycles. The van der Waals surface area contributed by atoms with Crippen molar-refractivity contribution in [1.29, 1.82) is 0 Å². The van der Waals surface area contributed by atoms with Crippen molar-refractivity contribution in [3.05, 3.63) is 69.6 Å². The van der Waals surface area contributed by atoms with Gasteiger partial charge >= 0.3 is 6.09 Å². The van der Waals surface area contributed by atoms with Crippen molar-refractivity contribution in [3.63, 3.8) is 0 Å². The van der Waals surface area contributed by atoms with E-state index in [9.17, 15) is 9.59 Å². The van der Waals surface area contributed by atoms with E-state index in [1.54, 1.807) is 15.8 Å². The summed E-state index contributed by atoms with van der Waals surface area (Å²) in [6.07, 6.45) is 2.04. The molecule has 1 aliphatic rings. The summed E-state index contributed by atoms with van der Waals surface area (Å²) in [5.74, 6) is 0.402. The first kappa shape index (κ1) is 31.1. The number of carbonyl (C=O) groups is 1. The van der Waals surface area contributed by atoms with Crippen LogP contribution in [0.2, 0.25) is 0 Å². The van der Waals surface area contributed by atoms with Crippen molar-refractivity contribution in [2.24, 2.45) is 0 Å². The third kappa shape index (κ3) is 6.16. The number of anilines is 3. The molecule has 0 aliphatic carbocycles. The van der Waals surface area contributed by atoms with Crippen LogP contribution in [0.15, 0.2) is 47.4 Å². The molecule has 1 aliphatic heterocycles. The summed E-state index contributed by atoms with van der Waals surface area (Å²) in [4.78, 5) is 39.5. The number of aromatic nitrogens is 4. The van der Waals surface area contributed by atoms with Crippen LogP contribution in [0.5, 0.6) is 0 Å². The molecule has 2 aromatic carbocycles. The minimum absolute atomic E-state index is 0.0967. The quantitative estimate of drug-likeness (QED) is 0.277. The summed E-state index contributed by atoms with van der Waals surface area (Å²) in [5.41, 5.74) is 6.05. The number of hydrogen-bond donors (Lipinski definition) is 1. The number of carbonyl (C=O) groups excluding carboxylic acids is 1. The maximum atomic E-state index is 13.6. The molecule has 10 heteroatoms. The Morgan fingerprint density at radius 3 is 2.39 bits per heavy atom. The first-order valence-corrected chi connectivity index (χ1v) is 15.2. The molecule has 0 unspecified atom stereocenters. The molecule has 0 saturated heterocycles. The van der Waals surface area contributed by atoms with Crippen molar-refractivity contribution in [2.45, 2.75) is 85.4 Å². The Balaban J connectivity index is 1.50. The van der Waals surface area contributed by atoms with Gasteiger partial charge < -0.3 is 19.9 Å². The Hall–Kier alpha value is -4.34. The van der Waals surface area contributed by atoms with Crippen LogP contribution in [0, 0.1) is 0 Å². The first-order chi connectivity index (χ1) is 20.5. The number of nitrogens with zero attached hydrogens (tertiary/aromatic N) is 6. The third-order valence-electron chi connectivity index (χ3n) is 7.75. The normalized spacial score (nSPS) is 13.8. The average Bonchev–Trinajstić information content (AvgIpc) is 3.22. The Morgan fingerprint density at radius 1 is 1.02 bits per heavy atom. The molecule has 2 aromatic heterocycles. The SMILES string of the molecule is CC(C)n1c(=O)c2cnc(Nc3ccc4c(c3)CCN(C(=O)OC(C)(C)C)C4)nc2n1-c1ccc(N(C)C)c(C(C)(C)C)c1. The van der Waals surface area contributed by atoms with Gasteiger partial charge in [0.15, 0.2) is 5.65 Å². The number of rotatable bonds is 5. The Bertz CT molecular complexity index is 1770. The number of ether oxygens (including phenoxy) is 1. The predicted molar refractivity (Wildman–Crippen MR) is 177 cm³/mol. The lowest BCUT2D eigenvalue weighted by atomic mass is 9.85. The number of hydrogen-bond acceptors (Lipinski definition) is 7. The lowest BCUT2D eigenvalue weighted by Crippen LogP contribution is -2.39. The van der Waals surface area contributed by atoms with Gasteiger partial charge in [0.25, 0.3) is 5.56 Å². The van der Waals surface area contributed by atoms with E-state index >= 15 is 0 Å². The summed E-state index contributed by atoms with van der Waals surface area (Å²) < 4.78 is 9.23. The molecule has 5 rings (SSSR count). The highest BCUT2D eigenvalue weighted by molar-refractivity contribution is 5.78. The second-order valence-corrected chi connectivity index (χ2v) is 14.1. The van der Waals surface area contributed by atoms with Gasteiger partial charge in [-0.2, -0.15) is 4.98 Å². The molecule has 10 nitrogen and oxygen atoms in total. The van der Waals surface area contributed by atoms with E-state index in [0.717, 1.165) is 34.6 Å². The van der Waals surface area contributed by atoms with Gasteiger partial charge in [0.2, 0.25) is 5.95 Å². The number of nitrogens with one attached hydrogen (secondary N) is 1. The van der Waals surface area contributed by atoms with Gasteiger partial charge in [0.1, 0.15) is 11.0 Å². The molecule has 1 N–H and O–H groups in total. The summed E-state index contributed by atoms with van der Waals surface area (Å²) in [6.45, 7) is 17.3. The molecule has 0 radical (unpaired) electrons. The molecule has 0 fully saturated rings. The Kier molecular flexibility index (Phi) is 7.99. The van der Waals surface area contributed by atoms with Crippen LogP contribution in [0.1, 0.15) is 78.1 Å². The van der Waals surface area contributed by atoms with Crippen molar-refractivity contribution in [2.75, 3.05) is 30.9 Å². The zero-order chi connectivity index (χ0) is 32.1. The van der Waals surface area contributed by atoms with E-state index in [1.807, 2.05) is 71.6 Å². The standard InChI is InChI=1S/C34H45N7O3/c1-21(2)40-30(42)26-19-35-31(37-29(26)41(40)25-13-14-28(38(9)10)27(18-25)33(3,4)5)36-24-12-11-23-20-39(16-15-22(23)17-24)32(43)44-34(6,7)8/h11-14,17-19,21H,15-16,20H2,1-10H3,(H,35,36,37). The molecule has 0 saturated carbocycles. The summed E-state index contributed by atoms with van der Waals surface area (Å²) in [6, 6.07) is 12.3. The zero-order valence-electron chi connectivity index (χ0n) is 27.6. The fourth-order valence-electron chi connectivity index (χ4n) is 5.66. The lowest BCUT2D eigenvalue weighted by Gasteiger charge is -2.31. The van der Waals surface area contributed by atoms with Crippen LogP contribution >= 0.6 is 0 Å². The van der Waals surface area contributed by atoms with Gasteiger partial charge in [0.05, 0.1) is 5.69 Å². The molecule has 0 spiro atoms. The lowest BCUT2D eigenvalue weighted by molar-refractivity contribution is 0.0224. The van der Waals surface area contributed by atoms with Crippen LogP contribution in [0.25, 0.3) is 16.7 Å². The molecule has 0 bridgehead atoms. The van der Waals surface area contributed by atoms with Crippen LogP contribution in [-0.4, -0.2) is 56.6 Å². The van der Waals surface area contributed by atoms with Crippen LogP contribution in [0.4, 0.5) is 22.1 Å². The second-order valence-electron chi connectivity index (χ2n) is 14.1. The van der Waals surface area contributed by atoms with Gasteiger partial charge in [-0.3, -0.25) is 4.79 Å². The largest absolute Gasteiger partial charge is 0.444 e. The monoisotopic (exact) mass is 599 g/mol. The fourth-order valence-corrected chi connectivity index (χ4v) is 5.66. The van der Waals surface area contributed by atoms with Gasteiger partial charge in [-0.1, -0.05) is 26.8 Å². The zero-order valence-corrected chi connectivity index (χ0v) is 27.6. The average molecular weight is 600 g/mol. The van der Waals surface area contributed by atoms with Crippen molar-refractivity contribution < 1.29 is 9.53 Å². The maximum absolute atomic E-state index is 13.6. The van der Waals surface area contributed by atoms with Gasteiger partial charge in [-0.25, -0.2) is 19.1 Å². The van der Waals surface area contributed by atoms with E-state index in [-0.39, 0.29) is 23.1 Å². The van der Waals surface area contributed by atoms with Gasteiger partial charge in [0, 0.05) is 50.8 Å². The summed E-state index contributed by atoms with van der Waals surface area (Å²) >= 11 is 0. The predicted octanol–water partition coefficient (Wildman–Crippen LogP) is 6.56. The summed E-state index contributed by atoms with van der Waals surface area (Å²) in [5, 5.41) is 3.81. The minimum atomic E-state index is -0.530. The van der Waals surface area contributed by atoms with Crippen LogP contribution in [-0.2, 0) is 23.1 Å². The Morgan fingerprint density at radius 2 is 1.75 bits per heavy atom. The van der Waals surface area contributed by atoms with Gasteiger partial charge in [-0.15, -0.1) is 0 Å². The highest BCUT2D eigenvalue weighted by Crippen LogP contribution is 2.34. The highest BCUT2D eigenvalue weighted by atomic mass is 16.6. The molecule has 1 amide bonds. The fraction of sp³-hybridized carbons (Fsp3) is 0.471. The highest BCUT2D eigenvalue weighted by Gasteiger charge is 2.27. The molecule has 4 aromatic rings. The van der Waals surface area contributed by atoms with E-state index < -0.39 is 5.60 Å². The first-order valence-electron chi connectivity index (χ1n) is 15.2. The molecule has 44 heavy (non-hydrogen) atoms. The minimum Gasteiger partial charge on any atom is -0.444 e. The molecular weight excluding hydrogens is 554 g/mol. The van der Waals surface area contributed by atoms with Gasteiger partial charge in [-0.05, 0) is 93.5 Å². The topological polar surface area (TPSA) is 97.5 Å². The molecule has 234 valence electrons. The summed E-state index contributed by atoms with van der Waals surface area (Å²) in [7, 11) is 4.09. The maximum Gasteiger partial charge on any atom is 0.410 e. The van der Waals surface area contributed by atoms with E-state index in [4.69, 9.17) is 9.72 Å². The third-order valence-corrected chi connectivity index (χ3v) is 7.75. The second kappa shape index (κ2) is 11.3. The van der Waals surface area contributed by atoms with E-state index in [2.05, 4.69) is 54.2 Å².